The Morgan fingerprint density at radius 2 is 2.00 bits per heavy atom. The van der Waals surface area contributed by atoms with E-state index in [-0.39, 0.29) is 17.3 Å². The van der Waals surface area contributed by atoms with Crippen molar-refractivity contribution in [2.75, 3.05) is 0 Å². The largest absolute Gasteiger partial charge is 0.433 e. The van der Waals surface area contributed by atoms with Crippen LogP contribution in [0.2, 0.25) is 0 Å². The smallest absolute Gasteiger partial charge is 0.404 e. The van der Waals surface area contributed by atoms with Crippen LogP contribution in [0.15, 0.2) is 45.7 Å². The van der Waals surface area contributed by atoms with Crippen LogP contribution in [-0.4, -0.2) is 13.3 Å². The highest BCUT2D eigenvalue weighted by atomic mass is 32.2. The molecule has 3 N–H and O–H groups in total. The third-order valence-corrected chi connectivity index (χ3v) is 3.59. The van der Waals surface area contributed by atoms with Gasteiger partial charge in [0.1, 0.15) is 10.7 Å². The predicted molar refractivity (Wildman–Crippen MR) is 73.7 cm³/mol. The van der Waals surface area contributed by atoms with Crippen LogP contribution in [0.5, 0.6) is 0 Å². The van der Waals surface area contributed by atoms with E-state index in [1.54, 1.807) is 12.1 Å². The lowest BCUT2D eigenvalue weighted by Crippen LogP contribution is -2.15. The number of rotatable bonds is 6. The van der Waals surface area contributed by atoms with Gasteiger partial charge in [0.05, 0.1) is 17.5 Å². The molecule has 0 bridgehead atoms. The van der Waals surface area contributed by atoms with Crippen LogP contribution >= 0.6 is 0 Å². The van der Waals surface area contributed by atoms with Crippen LogP contribution in [0, 0.1) is 10.1 Å². The third kappa shape index (κ3) is 4.12. The Morgan fingerprint density at radius 3 is 2.62 bits per heavy atom. The molecule has 2 aromatic rings. The van der Waals surface area contributed by atoms with Gasteiger partial charge in [-0.3, -0.25) is 10.1 Å². The maximum absolute atomic E-state index is 11.2. The molecule has 0 saturated carbocycles. The first-order valence-corrected chi connectivity index (χ1v) is 7.46. The van der Waals surface area contributed by atoms with E-state index in [2.05, 4.69) is 5.32 Å². The number of nitrogens with zero attached hydrogens (tertiary/aromatic N) is 1. The average molecular weight is 311 g/mol. The van der Waals surface area contributed by atoms with Crippen molar-refractivity contribution in [3.63, 3.8) is 0 Å². The molecule has 0 spiro atoms. The first kappa shape index (κ1) is 15.2. The minimum Gasteiger partial charge on any atom is -0.404 e. The van der Waals surface area contributed by atoms with E-state index in [1.807, 2.05) is 0 Å². The normalized spacial score (nSPS) is 11.5. The van der Waals surface area contributed by atoms with Crippen molar-refractivity contribution in [3.8, 4) is 0 Å². The molecule has 0 saturated heterocycles. The number of primary sulfonamides is 1. The first-order valence-electron chi connectivity index (χ1n) is 5.92. The molecule has 1 aromatic carbocycles. The van der Waals surface area contributed by atoms with E-state index in [0.717, 1.165) is 5.56 Å². The van der Waals surface area contributed by atoms with Crippen LogP contribution < -0.4 is 10.5 Å². The molecular formula is C12H13N3O5S. The van der Waals surface area contributed by atoms with Gasteiger partial charge in [-0.25, -0.2) is 13.6 Å². The molecule has 1 aromatic heterocycles. The second kappa shape index (κ2) is 6.04. The van der Waals surface area contributed by atoms with Crippen molar-refractivity contribution >= 4 is 15.9 Å². The number of furan rings is 1. The summed E-state index contributed by atoms with van der Waals surface area (Å²) < 4.78 is 27.4. The molecule has 112 valence electrons. The minimum atomic E-state index is -3.73. The van der Waals surface area contributed by atoms with Crippen molar-refractivity contribution < 1.29 is 17.8 Å². The number of nitrogens with one attached hydrogen (secondary N) is 1. The SMILES string of the molecule is NS(=O)(=O)c1cccc(CNCc2ccc([N+](=O)[O-])o2)c1. The highest BCUT2D eigenvalue weighted by molar-refractivity contribution is 7.89. The Morgan fingerprint density at radius 1 is 1.24 bits per heavy atom. The molecule has 0 aliphatic carbocycles. The maximum atomic E-state index is 11.2. The van der Waals surface area contributed by atoms with E-state index in [9.17, 15) is 18.5 Å². The third-order valence-electron chi connectivity index (χ3n) is 2.68. The van der Waals surface area contributed by atoms with Gasteiger partial charge in [0.25, 0.3) is 0 Å². The van der Waals surface area contributed by atoms with Gasteiger partial charge in [-0.15, -0.1) is 0 Å². The van der Waals surface area contributed by atoms with Gasteiger partial charge in [-0.05, 0) is 23.8 Å². The van der Waals surface area contributed by atoms with Gasteiger partial charge in [-0.2, -0.15) is 0 Å². The van der Waals surface area contributed by atoms with Crippen molar-refractivity contribution in [2.45, 2.75) is 18.0 Å². The highest BCUT2D eigenvalue weighted by Crippen LogP contribution is 2.15. The van der Waals surface area contributed by atoms with Gasteiger partial charge in [-0.1, -0.05) is 12.1 Å². The molecule has 2 rings (SSSR count). The Labute approximate surface area is 120 Å². The predicted octanol–water partition coefficient (Wildman–Crippen LogP) is 1.13. The van der Waals surface area contributed by atoms with Crippen LogP contribution in [0.1, 0.15) is 11.3 Å². The number of hydrogen-bond acceptors (Lipinski definition) is 6. The minimum absolute atomic E-state index is 0.0374. The lowest BCUT2D eigenvalue weighted by atomic mass is 10.2. The summed E-state index contributed by atoms with van der Waals surface area (Å²) in [6.45, 7) is 0.658. The average Bonchev–Trinajstić information content (AvgIpc) is 2.87. The van der Waals surface area contributed by atoms with Crippen molar-refractivity contribution in [1.82, 2.24) is 5.32 Å². The summed E-state index contributed by atoms with van der Waals surface area (Å²) in [4.78, 5) is 9.89. The second-order valence-corrected chi connectivity index (χ2v) is 5.85. The molecule has 8 nitrogen and oxygen atoms in total. The van der Waals surface area contributed by atoms with Crippen LogP contribution in [0.3, 0.4) is 0 Å². The Bertz CT molecular complexity index is 754. The molecule has 0 amide bonds. The molecule has 0 unspecified atom stereocenters. The monoisotopic (exact) mass is 311 g/mol. The number of benzene rings is 1. The summed E-state index contributed by atoms with van der Waals surface area (Å²) in [5.41, 5.74) is 0.725. The summed E-state index contributed by atoms with van der Waals surface area (Å²) in [6, 6.07) is 8.99. The summed E-state index contributed by atoms with van der Waals surface area (Å²) in [6.07, 6.45) is 0. The van der Waals surface area contributed by atoms with E-state index >= 15 is 0 Å². The molecule has 0 fully saturated rings. The zero-order valence-electron chi connectivity index (χ0n) is 10.9. The lowest BCUT2D eigenvalue weighted by molar-refractivity contribution is -0.402. The topological polar surface area (TPSA) is 128 Å². The van der Waals surface area contributed by atoms with Crippen LogP contribution in [0.4, 0.5) is 5.88 Å². The van der Waals surface area contributed by atoms with Crippen molar-refractivity contribution in [1.29, 1.82) is 0 Å². The molecule has 21 heavy (non-hydrogen) atoms. The zero-order valence-corrected chi connectivity index (χ0v) is 11.7. The molecule has 0 aliphatic rings. The fourth-order valence-corrected chi connectivity index (χ4v) is 2.31. The second-order valence-electron chi connectivity index (χ2n) is 4.29. The zero-order chi connectivity index (χ0) is 15.5. The number of nitro groups is 1. The van der Waals surface area contributed by atoms with Crippen LogP contribution in [0.25, 0.3) is 0 Å². The number of sulfonamides is 1. The van der Waals surface area contributed by atoms with E-state index in [4.69, 9.17) is 9.56 Å². The first-order chi connectivity index (χ1) is 9.86. The van der Waals surface area contributed by atoms with Crippen LogP contribution in [-0.2, 0) is 23.1 Å². The number of nitrogens with two attached hydrogens (primary N) is 1. The maximum Gasteiger partial charge on any atom is 0.433 e. The molecule has 0 atom stereocenters. The molecule has 0 radical (unpaired) electrons. The Balaban J connectivity index is 1.95. The summed E-state index contributed by atoms with van der Waals surface area (Å²) >= 11 is 0. The van der Waals surface area contributed by atoms with E-state index < -0.39 is 14.9 Å². The quantitative estimate of drug-likeness (QED) is 0.607. The fourth-order valence-electron chi connectivity index (χ4n) is 1.72. The van der Waals surface area contributed by atoms with E-state index in [1.165, 1.54) is 24.3 Å². The van der Waals surface area contributed by atoms with Gasteiger partial charge in [0, 0.05) is 6.54 Å². The Kier molecular flexibility index (Phi) is 4.36. The lowest BCUT2D eigenvalue weighted by Gasteiger charge is -2.05. The summed E-state index contributed by atoms with van der Waals surface area (Å²) in [5, 5.41) is 18.5. The molecule has 0 aliphatic heterocycles. The fraction of sp³-hybridized carbons (Fsp3) is 0.167. The van der Waals surface area contributed by atoms with Gasteiger partial charge < -0.3 is 9.73 Å². The van der Waals surface area contributed by atoms with Gasteiger partial charge in [0.2, 0.25) is 10.0 Å². The van der Waals surface area contributed by atoms with Crippen molar-refractivity contribution in [2.24, 2.45) is 5.14 Å². The number of hydrogen-bond donors (Lipinski definition) is 2. The standard InChI is InChI=1S/C12H13N3O5S/c13-21(18,19)11-3-1-2-9(6-11)7-14-8-10-4-5-12(20-10)15(16)17/h1-6,14H,7-8H2,(H2,13,18,19). The van der Waals surface area contributed by atoms with Crippen molar-refractivity contribution in [3.05, 3.63) is 57.8 Å². The molecular weight excluding hydrogens is 298 g/mol. The highest BCUT2D eigenvalue weighted by Gasteiger charge is 2.11. The van der Waals surface area contributed by atoms with Gasteiger partial charge >= 0.3 is 5.88 Å². The summed E-state index contributed by atoms with van der Waals surface area (Å²) in [7, 11) is -3.73. The summed E-state index contributed by atoms with van der Waals surface area (Å²) in [5.74, 6) is 0.104. The molecule has 9 heteroatoms. The van der Waals surface area contributed by atoms with E-state index in [0.29, 0.717) is 12.3 Å². The Hall–Kier alpha value is -2.23. The van der Waals surface area contributed by atoms with Gasteiger partial charge in [0.15, 0.2) is 0 Å². The molecule has 1 heterocycles.